The molecule has 0 fully saturated rings. The second-order valence-electron chi connectivity index (χ2n) is 1.12. The van der Waals surface area contributed by atoms with Crippen LogP contribution in [0.4, 0.5) is 0 Å². The fourth-order valence-corrected chi connectivity index (χ4v) is 0.253. The Morgan fingerprint density at radius 3 is 1.62 bits per heavy atom. The minimum Gasteiger partial charge on any atom is -0.659 e. The molecule has 0 aromatic carbocycles. The van der Waals surface area contributed by atoms with Crippen molar-refractivity contribution in [1.29, 1.82) is 0 Å². The molecule has 0 amide bonds. The molecule has 3 nitrogen and oxygen atoms in total. The summed E-state index contributed by atoms with van der Waals surface area (Å²) < 4.78 is 0. The smallest absolute Gasteiger partial charge is 0.659 e. The van der Waals surface area contributed by atoms with Crippen LogP contribution in [0.5, 0.6) is 0 Å². The van der Waals surface area contributed by atoms with E-state index < -0.39 is 0 Å². The predicted molar refractivity (Wildman–Crippen MR) is 27.3 cm³/mol. The molecule has 0 rings (SSSR count). The van der Waals surface area contributed by atoms with Crippen molar-refractivity contribution in [3.8, 4) is 0 Å². The van der Waals surface area contributed by atoms with Crippen LogP contribution < -0.4 is 51.4 Å². The maximum absolute atomic E-state index is 8.12. The molecule has 0 aliphatic rings. The monoisotopic (exact) mass is 143 g/mol. The van der Waals surface area contributed by atoms with Crippen molar-refractivity contribution >= 4 is 0 Å². The Labute approximate surface area is 91.9 Å². The van der Waals surface area contributed by atoms with Gasteiger partial charge in [0.2, 0.25) is 0 Å². The van der Waals surface area contributed by atoms with Gasteiger partial charge in [0, 0.05) is 13.2 Å². The molecule has 0 aromatic heterocycles. The quantitative estimate of drug-likeness (QED) is 0.315. The summed E-state index contributed by atoms with van der Waals surface area (Å²) in [5.41, 5.74) is 0. The molecule has 0 saturated carbocycles. The Bertz CT molecular complexity index is 33.2. The third kappa shape index (κ3) is 10.5. The first-order valence-corrected chi connectivity index (χ1v) is 2.26. The predicted octanol–water partition coefficient (Wildman–Crippen LogP) is -3.65. The zero-order valence-electron chi connectivity index (χ0n) is 5.17. The third-order valence-corrected chi connectivity index (χ3v) is 0.516. The topological polar surface area (TPSA) is 54.6 Å². The molecule has 0 heterocycles. The number of nitrogens with zero attached hydrogens (tertiary/aromatic N) is 1. The van der Waals surface area contributed by atoms with Crippen molar-refractivity contribution in [2.45, 2.75) is 0 Å². The van der Waals surface area contributed by atoms with E-state index in [4.69, 9.17) is 10.2 Å². The van der Waals surface area contributed by atoms with Gasteiger partial charge in [-0.15, -0.1) is 13.1 Å². The van der Waals surface area contributed by atoms with Crippen LogP contribution in [0.25, 0.3) is 5.32 Å². The number of aliphatic hydroxyl groups is 2. The second-order valence-corrected chi connectivity index (χ2v) is 1.12. The summed E-state index contributed by atoms with van der Waals surface area (Å²) in [5, 5.41) is 19.9. The van der Waals surface area contributed by atoms with E-state index in [-0.39, 0.29) is 64.6 Å². The van der Waals surface area contributed by atoms with Gasteiger partial charge in [-0.1, -0.05) is 0 Å². The van der Waals surface area contributed by atoms with Gasteiger partial charge in [-0.3, -0.25) is 0 Å². The first kappa shape index (κ1) is 12.2. The van der Waals surface area contributed by atoms with E-state index in [1.807, 2.05) is 0 Å². The molecule has 4 heteroatoms. The zero-order chi connectivity index (χ0) is 5.54. The second kappa shape index (κ2) is 11.3. The first-order valence-electron chi connectivity index (χ1n) is 2.26. The van der Waals surface area contributed by atoms with Gasteiger partial charge in [0.25, 0.3) is 0 Å². The summed E-state index contributed by atoms with van der Waals surface area (Å²) in [6.07, 6.45) is 0. The third-order valence-electron chi connectivity index (χ3n) is 0.516. The fourth-order valence-electron chi connectivity index (χ4n) is 0.253. The summed E-state index contributed by atoms with van der Waals surface area (Å²) in [4.78, 5) is 0. The molecule has 0 saturated heterocycles. The normalized spacial score (nSPS) is 8.25. The van der Waals surface area contributed by atoms with Crippen LogP contribution in [-0.4, -0.2) is 36.5 Å². The molecular weight excluding hydrogens is 133 g/mol. The largest absolute Gasteiger partial charge is 1.00 e. The van der Waals surface area contributed by atoms with Crippen LogP contribution in [0.2, 0.25) is 0 Å². The van der Waals surface area contributed by atoms with Crippen molar-refractivity contribution < 1.29 is 61.6 Å². The molecule has 0 aliphatic heterocycles. The van der Waals surface area contributed by atoms with Crippen LogP contribution in [0.15, 0.2) is 0 Å². The summed E-state index contributed by atoms with van der Waals surface area (Å²) in [6, 6.07) is 0. The molecule has 0 spiro atoms. The van der Waals surface area contributed by atoms with Gasteiger partial charge in [-0.2, -0.15) is 0 Å². The Hall–Kier alpha value is 1.52. The maximum Gasteiger partial charge on any atom is 1.00 e. The van der Waals surface area contributed by atoms with Crippen LogP contribution in [-0.2, 0) is 0 Å². The average Bonchev–Trinajstić information content (AvgIpc) is 1.69. The minimum absolute atomic E-state index is 0. The van der Waals surface area contributed by atoms with E-state index in [1.54, 1.807) is 0 Å². The van der Waals surface area contributed by atoms with E-state index in [0.29, 0.717) is 13.1 Å². The van der Waals surface area contributed by atoms with Gasteiger partial charge in [0.1, 0.15) is 0 Å². The van der Waals surface area contributed by atoms with Gasteiger partial charge in [0.05, 0.1) is 0 Å². The van der Waals surface area contributed by atoms with Gasteiger partial charge < -0.3 is 15.5 Å². The fraction of sp³-hybridized carbons (Fsp3) is 1.00. The van der Waals surface area contributed by atoms with Crippen molar-refractivity contribution in [2.75, 3.05) is 26.3 Å². The Balaban J connectivity index is 0. The molecule has 44 valence electrons. The molecule has 0 bridgehead atoms. The molecule has 2 N–H and O–H groups in total. The Morgan fingerprint density at radius 1 is 1.00 bits per heavy atom. The first-order chi connectivity index (χ1) is 3.41. The SMILES string of the molecule is OCC[N-]CCO.[K+]. The minimum atomic E-state index is 0. The molecule has 0 radical (unpaired) electrons. The summed E-state index contributed by atoms with van der Waals surface area (Å²) in [5.74, 6) is 0. The van der Waals surface area contributed by atoms with E-state index in [2.05, 4.69) is 5.32 Å². The zero-order valence-corrected chi connectivity index (χ0v) is 8.29. The number of rotatable bonds is 4. The van der Waals surface area contributed by atoms with Crippen molar-refractivity contribution in [3.05, 3.63) is 5.32 Å². The van der Waals surface area contributed by atoms with Crippen molar-refractivity contribution in [3.63, 3.8) is 0 Å². The van der Waals surface area contributed by atoms with Crippen LogP contribution >= 0.6 is 0 Å². The summed E-state index contributed by atoms with van der Waals surface area (Å²) in [6.45, 7) is 1.06. The van der Waals surface area contributed by atoms with E-state index in [0.717, 1.165) is 0 Å². The number of aliphatic hydroxyl groups excluding tert-OH is 2. The molecule has 0 aliphatic carbocycles. The standard InChI is InChI=1S/C4H10NO2.K/c6-3-1-5-2-4-7;/h6-7H,1-4H2;/q-1;+1. The van der Waals surface area contributed by atoms with Crippen molar-refractivity contribution in [1.82, 2.24) is 0 Å². The number of hydrogen-bond acceptors (Lipinski definition) is 2. The molecule has 0 atom stereocenters. The van der Waals surface area contributed by atoms with Crippen LogP contribution in [0, 0.1) is 0 Å². The van der Waals surface area contributed by atoms with E-state index >= 15 is 0 Å². The number of hydrogen-bond donors (Lipinski definition) is 2. The maximum atomic E-state index is 8.12. The van der Waals surface area contributed by atoms with Gasteiger partial charge >= 0.3 is 51.4 Å². The Morgan fingerprint density at radius 2 is 1.38 bits per heavy atom. The van der Waals surface area contributed by atoms with Crippen LogP contribution in [0.1, 0.15) is 0 Å². The average molecular weight is 143 g/mol. The van der Waals surface area contributed by atoms with Crippen LogP contribution in [0.3, 0.4) is 0 Å². The van der Waals surface area contributed by atoms with Gasteiger partial charge in [-0.25, -0.2) is 0 Å². The molecule has 0 aromatic rings. The molecular formula is C4H10KNO2. The molecule has 0 unspecified atom stereocenters. The van der Waals surface area contributed by atoms with Gasteiger partial charge in [-0.05, 0) is 0 Å². The van der Waals surface area contributed by atoms with Crippen molar-refractivity contribution in [2.24, 2.45) is 0 Å². The van der Waals surface area contributed by atoms with Gasteiger partial charge in [0.15, 0.2) is 0 Å². The summed E-state index contributed by atoms with van der Waals surface area (Å²) in [7, 11) is 0. The van der Waals surface area contributed by atoms with E-state index in [1.165, 1.54) is 0 Å². The molecule has 8 heavy (non-hydrogen) atoms. The van der Waals surface area contributed by atoms with E-state index in [9.17, 15) is 0 Å². The Kier molecular flexibility index (Phi) is 17.3. The summed E-state index contributed by atoms with van der Waals surface area (Å²) >= 11 is 0.